The van der Waals surface area contributed by atoms with E-state index in [1.807, 2.05) is 0 Å². The summed E-state index contributed by atoms with van der Waals surface area (Å²) in [5.41, 5.74) is 0. The summed E-state index contributed by atoms with van der Waals surface area (Å²) in [6, 6.07) is 6.64. The minimum absolute atomic E-state index is 0.309. The number of rotatable bonds is 6. The molecule has 6 heteroatoms. The molecular formula is C14H15FN2O2S. The van der Waals surface area contributed by atoms with Gasteiger partial charge in [0, 0.05) is 12.1 Å². The summed E-state index contributed by atoms with van der Waals surface area (Å²) in [6.07, 6.45) is 2.44. The second-order valence-electron chi connectivity index (χ2n) is 4.87. The van der Waals surface area contributed by atoms with E-state index in [4.69, 9.17) is 9.26 Å². The highest BCUT2D eigenvalue weighted by atomic mass is 32.2. The van der Waals surface area contributed by atoms with Gasteiger partial charge in [-0.15, -0.1) is 0 Å². The van der Waals surface area contributed by atoms with Gasteiger partial charge in [-0.3, -0.25) is 0 Å². The van der Waals surface area contributed by atoms with Crippen LogP contribution in [-0.2, 0) is 0 Å². The number of ether oxygens (including phenoxy) is 1. The number of aryl methyl sites for hydroxylation is 1. The van der Waals surface area contributed by atoms with Crippen molar-refractivity contribution in [3.63, 3.8) is 0 Å². The smallest absolute Gasteiger partial charge is 0.179 e. The maximum atomic E-state index is 13.9. The van der Waals surface area contributed by atoms with Crippen molar-refractivity contribution >= 4 is 17.8 Å². The van der Waals surface area contributed by atoms with Gasteiger partial charge >= 0.3 is 0 Å². The third kappa shape index (κ3) is 3.45. The molecule has 0 atom stereocenters. The molecule has 2 aromatic rings. The fraction of sp³-hybridized carbons (Fsp3) is 0.357. The molecule has 106 valence electrons. The summed E-state index contributed by atoms with van der Waals surface area (Å²) < 4.78 is 27.3. The lowest BCUT2D eigenvalue weighted by Gasteiger charge is -2.07. The molecule has 0 amide bonds. The highest BCUT2D eigenvalue weighted by Crippen LogP contribution is 2.31. The van der Waals surface area contributed by atoms with Gasteiger partial charge in [-0.2, -0.15) is 0 Å². The van der Waals surface area contributed by atoms with Gasteiger partial charge in [-0.1, -0.05) is 5.16 Å². The molecule has 0 aliphatic heterocycles. The number of aromatic nitrogens is 1. The largest absolute Gasteiger partial charge is 0.493 e. The predicted octanol–water partition coefficient (Wildman–Crippen LogP) is 4.03. The molecule has 0 saturated heterocycles. The van der Waals surface area contributed by atoms with Crippen molar-refractivity contribution in [3.8, 4) is 5.75 Å². The summed E-state index contributed by atoms with van der Waals surface area (Å²) in [5.74, 6) is 2.20. The maximum absolute atomic E-state index is 13.9. The second-order valence-corrected chi connectivity index (χ2v) is 5.72. The molecule has 0 radical (unpaired) electrons. The van der Waals surface area contributed by atoms with Gasteiger partial charge in [0.25, 0.3) is 0 Å². The van der Waals surface area contributed by atoms with E-state index in [1.165, 1.54) is 18.9 Å². The first-order chi connectivity index (χ1) is 9.70. The molecule has 4 nitrogen and oxygen atoms in total. The van der Waals surface area contributed by atoms with Crippen LogP contribution < -0.4 is 9.46 Å². The highest BCUT2D eigenvalue weighted by Gasteiger charge is 2.22. The Labute approximate surface area is 120 Å². The van der Waals surface area contributed by atoms with Crippen molar-refractivity contribution in [3.05, 3.63) is 35.8 Å². The van der Waals surface area contributed by atoms with Gasteiger partial charge in [0.1, 0.15) is 17.3 Å². The van der Waals surface area contributed by atoms with Crippen LogP contribution in [-0.4, -0.2) is 11.8 Å². The molecule has 1 fully saturated rings. The number of benzene rings is 1. The van der Waals surface area contributed by atoms with E-state index in [2.05, 4.69) is 9.88 Å². The van der Waals surface area contributed by atoms with Crippen LogP contribution in [0.25, 0.3) is 0 Å². The number of nitrogens with one attached hydrogen (secondary N) is 1. The van der Waals surface area contributed by atoms with Gasteiger partial charge < -0.3 is 14.0 Å². The van der Waals surface area contributed by atoms with Crippen molar-refractivity contribution in [2.45, 2.75) is 24.7 Å². The van der Waals surface area contributed by atoms with E-state index < -0.39 is 0 Å². The van der Waals surface area contributed by atoms with Crippen molar-refractivity contribution in [2.75, 3.05) is 11.3 Å². The zero-order valence-electron chi connectivity index (χ0n) is 11.1. The van der Waals surface area contributed by atoms with Crippen molar-refractivity contribution in [1.29, 1.82) is 0 Å². The third-order valence-corrected chi connectivity index (χ3v) is 3.84. The Morgan fingerprint density at radius 2 is 2.30 bits per heavy atom. The molecular weight excluding hydrogens is 279 g/mol. The van der Waals surface area contributed by atoms with Crippen LogP contribution in [0.5, 0.6) is 5.75 Å². The minimum Gasteiger partial charge on any atom is -0.493 e. The monoisotopic (exact) mass is 294 g/mol. The molecule has 20 heavy (non-hydrogen) atoms. The number of nitrogens with zero attached hydrogens (tertiary/aromatic N) is 1. The van der Waals surface area contributed by atoms with Crippen LogP contribution in [0.1, 0.15) is 18.6 Å². The second kappa shape index (κ2) is 5.75. The van der Waals surface area contributed by atoms with Gasteiger partial charge in [-0.25, -0.2) is 4.39 Å². The summed E-state index contributed by atoms with van der Waals surface area (Å²) in [6.45, 7) is 2.48. The lowest BCUT2D eigenvalue weighted by molar-refractivity contribution is 0.298. The Hall–Kier alpha value is -1.69. The third-order valence-electron chi connectivity index (χ3n) is 2.98. The highest BCUT2D eigenvalue weighted by molar-refractivity contribution is 8.00. The van der Waals surface area contributed by atoms with Gasteiger partial charge in [-0.05, 0) is 49.8 Å². The summed E-state index contributed by atoms with van der Waals surface area (Å²) in [4.78, 5) is 0.490. The molecule has 1 aromatic heterocycles. The molecule has 1 heterocycles. The van der Waals surface area contributed by atoms with Crippen LogP contribution in [0.2, 0.25) is 0 Å². The van der Waals surface area contributed by atoms with Crippen molar-refractivity contribution < 1.29 is 13.7 Å². The molecule has 1 N–H and O–H groups in total. The van der Waals surface area contributed by atoms with Crippen molar-refractivity contribution in [1.82, 2.24) is 5.16 Å². The lowest BCUT2D eigenvalue weighted by atomic mass is 10.3. The Morgan fingerprint density at radius 1 is 1.45 bits per heavy atom. The standard InChI is InChI=1S/C14H15FN2O2S/c1-9-6-14(16-19-9)17-20-13-5-4-11(7-12(13)15)18-8-10-2-3-10/h4-7,10H,2-3,8H2,1H3,(H,16,17). The zero-order chi connectivity index (χ0) is 13.9. The van der Waals surface area contributed by atoms with Crippen LogP contribution in [0.4, 0.5) is 10.2 Å². The van der Waals surface area contributed by atoms with Crippen molar-refractivity contribution in [2.24, 2.45) is 5.92 Å². The van der Waals surface area contributed by atoms with E-state index in [9.17, 15) is 4.39 Å². The Bertz CT molecular complexity index is 599. The zero-order valence-corrected chi connectivity index (χ0v) is 11.9. The number of anilines is 1. The summed E-state index contributed by atoms with van der Waals surface area (Å²) in [5, 5.41) is 3.78. The molecule has 1 aliphatic rings. The molecule has 3 rings (SSSR count). The fourth-order valence-electron chi connectivity index (χ4n) is 1.67. The Kier molecular flexibility index (Phi) is 3.82. The normalized spacial score (nSPS) is 14.3. The van der Waals surface area contributed by atoms with Crippen LogP contribution in [0.15, 0.2) is 33.7 Å². The number of hydrogen-bond donors (Lipinski definition) is 1. The number of hydrogen-bond acceptors (Lipinski definition) is 5. The first kappa shape index (κ1) is 13.3. The SMILES string of the molecule is Cc1cc(NSc2ccc(OCC3CC3)cc2F)no1. The first-order valence-corrected chi connectivity index (χ1v) is 7.31. The van der Waals surface area contributed by atoms with Gasteiger partial charge in [0.2, 0.25) is 0 Å². The molecule has 0 bridgehead atoms. The average molecular weight is 294 g/mol. The van der Waals surface area contributed by atoms with E-state index in [0.717, 1.165) is 11.9 Å². The topological polar surface area (TPSA) is 47.3 Å². The van der Waals surface area contributed by atoms with Gasteiger partial charge in [0.05, 0.1) is 11.5 Å². The maximum Gasteiger partial charge on any atom is 0.179 e. The summed E-state index contributed by atoms with van der Waals surface area (Å²) >= 11 is 1.16. The van der Waals surface area contributed by atoms with E-state index >= 15 is 0 Å². The Balaban J connectivity index is 1.58. The van der Waals surface area contributed by atoms with Gasteiger partial charge in [0.15, 0.2) is 5.82 Å². The molecule has 0 unspecified atom stereocenters. The molecule has 0 spiro atoms. The minimum atomic E-state index is -0.309. The molecule has 1 saturated carbocycles. The van der Waals surface area contributed by atoms with Crippen LogP contribution >= 0.6 is 11.9 Å². The van der Waals surface area contributed by atoms with E-state index in [0.29, 0.717) is 34.7 Å². The van der Waals surface area contributed by atoms with Crippen LogP contribution in [0.3, 0.4) is 0 Å². The average Bonchev–Trinajstić information content (AvgIpc) is 3.17. The quantitative estimate of drug-likeness (QED) is 0.815. The van der Waals surface area contributed by atoms with E-state index in [1.54, 1.807) is 25.1 Å². The fourth-order valence-corrected chi connectivity index (χ4v) is 2.28. The van der Waals surface area contributed by atoms with Crippen LogP contribution in [0, 0.1) is 18.7 Å². The van der Waals surface area contributed by atoms with E-state index in [-0.39, 0.29) is 5.82 Å². The first-order valence-electron chi connectivity index (χ1n) is 6.49. The Morgan fingerprint density at radius 3 is 2.95 bits per heavy atom. The molecule has 1 aromatic carbocycles. The predicted molar refractivity (Wildman–Crippen MR) is 75.3 cm³/mol. The lowest BCUT2D eigenvalue weighted by Crippen LogP contribution is -1.99. The summed E-state index contributed by atoms with van der Waals surface area (Å²) in [7, 11) is 0. The molecule has 1 aliphatic carbocycles. The number of halogens is 1.